The summed E-state index contributed by atoms with van der Waals surface area (Å²) < 4.78 is 10.5. The van der Waals surface area contributed by atoms with Gasteiger partial charge in [0, 0.05) is 41.2 Å². The lowest BCUT2D eigenvalue weighted by Crippen LogP contribution is -2.38. The average Bonchev–Trinajstić information content (AvgIpc) is 3.42. The van der Waals surface area contributed by atoms with Gasteiger partial charge in [-0.1, -0.05) is 0 Å². The molecule has 8 nitrogen and oxygen atoms in total. The van der Waals surface area contributed by atoms with Gasteiger partial charge in [-0.25, -0.2) is 4.79 Å². The molecule has 5 rings (SSSR count). The molecule has 154 valence electrons. The molecule has 0 saturated carbocycles. The van der Waals surface area contributed by atoms with Crippen LogP contribution in [0.1, 0.15) is 18.4 Å². The van der Waals surface area contributed by atoms with Crippen molar-refractivity contribution in [1.29, 1.82) is 0 Å². The number of fused-ring (bicyclic) bond motifs is 1. The van der Waals surface area contributed by atoms with Gasteiger partial charge in [-0.15, -0.1) is 0 Å². The SMILES string of the molecule is CN1CCCC1COc1ccc2c(c1)CN(c1nc(-c3ccncc3)ns1)C(=O)N2. The Balaban J connectivity index is 1.32. The van der Waals surface area contributed by atoms with E-state index in [2.05, 4.69) is 31.6 Å². The van der Waals surface area contributed by atoms with Crippen molar-refractivity contribution in [2.45, 2.75) is 25.4 Å². The number of anilines is 2. The molecule has 2 aliphatic heterocycles. The van der Waals surface area contributed by atoms with Gasteiger partial charge in [-0.2, -0.15) is 9.36 Å². The van der Waals surface area contributed by atoms with E-state index in [0.29, 0.717) is 30.1 Å². The van der Waals surface area contributed by atoms with Crippen LogP contribution in [0.25, 0.3) is 11.4 Å². The Labute approximate surface area is 178 Å². The maximum atomic E-state index is 12.6. The van der Waals surface area contributed by atoms with Crippen LogP contribution < -0.4 is 15.0 Å². The molecule has 30 heavy (non-hydrogen) atoms. The number of hydrogen-bond acceptors (Lipinski definition) is 7. The standard InChI is InChI=1S/C21H22N6O2S/c1-26-10-2-3-16(26)13-29-17-4-5-18-15(11-17)12-27(20(28)23-18)21-24-19(25-30-21)14-6-8-22-9-7-14/h4-9,11,16H,2-3,10,12-13H2,1H3,(H,23,28). The molecule has 0 aliphatic carbocycles. The van der Waals surface area contributed by atoms with Crippen molar-refractivity contribution in [3.63, 3.8) is 0 Å². The van der Waals surface area contributed by atoms with Crippen molar-refractivity contribution in [3.05, 3.63) is 48.3 Å². The third-order valence-corrected chi connectivity index (χ3v) is 6.33. The van der Waals surface area contributed by atoms with Crippen molar-refractivity contribution in [2.75, 3.05) is 30.4 Å². The van der Waals surface area contributed by atoms with Crippen LogP contribution >= 0.6 is 11.5 Å². The summed E-state index contributed by atoms with van der Waals surface area (Å²) in [6, 6.07) is 9.77. The van der Waals surface area contributed by atoms with E-state index in [4.69, 9.17) is 4.74 Å². The minimum Gasteiger partial charge on any atom is -0.492 e. The van der Waals surface area contributed by atoms with Crippen molar-refractivity contribution in [1.82, 2.24) is 19.2 Å². The number of benzene rings is 1. The monoisotopic (exact) mass is 422 g/mol. The Morgan fingerprint density at radius 1 is 1.27 bits per heavy atom. The molecule has 2 aromatic heterocycles. The highest BCUT2D eigenvalue weighted by Crippen LogP contribution is 2.32. The van der Waals surface area contributed by atoms with Gasteiger partial charge in [0.05, 0.1) is 6.54 Å². The van der Waals surface area contributed by atoms with E-state index < -0.39 is 0 Å². The number of aromatic nitrogens is 3. The summed E-state index contributed by atoms with van der Waals surface area (Å²) in [7, 11) is 2.14. The summed E-state index contributed by atoms with van der Waals surface area (Å²) in [6.07, 6.45) is 5.79. The van der Waals surface area contributed by atoms with E-state index in [-0.39, 0.29) is 6.03 Å². The highest BCUT2D eigenvalue weighted by Gasteiger charge is 2.27. The Morgan fingerprint density at radius 3 is 2.93 bits per heavy atom. The first kappa shape index (κ1) is 19.0. The van der Waals surface area contributed by atoms with Crippen molar-refractivity contribution in [2.24, 2.45) is 0 Å². The molecule has 4 heterocycles. The zero-order chi connectivity index (χ0) is 20.5. The molecule has 1 aromatic carbocycles. The number of ether oxygens (including phenoxy) is 1. The Kier molecular flexibility index (Phi) is 5.06. The van der Waals surface area contributed by atoms with Crippen LogP contribution in [-0.2, 0) is 6.54 Å². The molecule has 2 aliphatic rings. The van der Waals surface area contributed by atoms with E-state index in [1.165, 1.54) is 24.4 Å². The molecule has 1 atom stereocenters. The third-order valence-electron chi connectivity index (χ3n) is 5.59. The molecule has 9 heteroatoms. The topological polar surface area (TPSA) is 83.5 Å². The quantitative estimate of drug-likeness (QED) is 0.676. The first-order valence-corrected chi connectivity index (χ1v) is 10.7. The second-order valence-corrected chi connectivity index (χ2v) is 8.29. The fourth-order valence-electron chi connectivity index (χ4n) is 3.82. The van der Waals surface area contributed by atoms with E-state index in [1.54, 1.807) is 17.3 Å². The number of nitrogens with one attached hydrogen (secondary N) is 1. The van der Waals surface area contributed by atoms with Gasteiger partial charge in [0.25, 0.3) is 0 Å². The molecule has 1 saturated heterocycles. The van der Waals surface area contributed by atoms with E-state index >= 15 is 0 Å². The number of carbonyl (C=O) groups excluding carboxylic acids is 1. The molecular weight excluding hydrogens is 400 g/mol. The normalized spacial score (nSPS) is 18.9. The number of amides is 2. The van der Waals surface area contributed by atoms with Crippen LogP contribution in [0.15, 0.2) is 42.7 Å². The lowest BCUT2D eigenvalue weighted by molar-refractivity contribution is 0.198. The van der Waals surface area contributed by atoms with Crippen molar-refractivity contribution >= 4 is 28.4 Å². The van der Waals surface area contributed by atoms with Gasteiger partial charge >= 0.3 is 6.03 Å². The summed E-state index contributed by atoms with van der Waals surface area (Å²) in [5, 5.41) is 3.50. The second-order valence-electron chi connectivity index (χ2n) is 7.56. The van der Waals surface area contributed by atoms with E-state index in [0.717, 1.165) is 29.1 Å². The number of pyridine rings is 1. The van der Waals surface area contributed by atoms with Gasteiger partial charge < -0.3 is 15.0 Å². The van der Waals surface area contributed by atoms with E-state index in [1.807, 2.05) is 30.3 Å². The molecule has 1 unspecified atom stereocenters. The number of carbonyl (C=O) groups is 1. The van der Waals surface area contributed by atoms with Gasteiger partial charge in [-0.3, -0.25) is 9.88 Å². The summed E-state index contributed by atoms with van der Waals surface area (Å²) in [5.74, 6) is 1.41. The molecule has 1 N–H and O–H groups in total. The molecule has 0 spiro atoms. The Bertz CT molecular complexity index is 1060. The minimum absolute atomic E-state index is 0.207. The van der Waals surface area contributed by atoms with Gasteiger partial charge in [-0.05, 0) is 62.3 Å². The van der Waals surface area contributed by atoms with Gasteiger partial charge in [0.2, 0.25) is 5.13 Å². The Morgan fingerprint density at radius 2 is 2.13 bits per heavy atom. The highest BCUT2D eigenvalue weighted by molar-refractivity contribution is 7.10. The van der Waals surface area contributed by atoms with Crippen molar-refractivity contribution in [3.8, 4) is 17.1 Å². The summed E-state index contributed by atoms with van der Waals surface area (Å²) in [5.41, 5.74) is 2.67. The second kappa shape index (κ2) is 8.00. The zero-order valence-corrected chi connectivity index (χ0v) is 17.4. The van der Waals surface area contributed by atoms with Gasteiger partial charge in [0.1, 0.15) is 12.4 Å². The smallest absolute Gasteiger partial charge is 0.328 e. The lowest BCUT2D eigenvalue weighted by atomic mass is 10.1. The highest BCUT2D eigenvalue weighted by atomic mass is 32.1. The number of nitrogens with zero attached hydrogens (tertiary/aromatic N) is 5. The molecule has 0 bridgehead atoms. The number of likely N-dealkylation sites (N-methyl/N-ethyl adjacent to an activating group) is 1. The van der Waals surface area contributed by atoms with Crippen LogP contribution in [0.4, 0.5) is 15.6 Å². The van der Waals surface area contributed by atoms with Crippen LogP contribution in [0, 0.1) is 0 Å². The van der Waals surface area contributed by atoms with Crippen LogP contribution in [0.2, 0.25) is 0 Å². The number of rotatable bonds is 5. The molecule has 0 radical (unpaired) electrons. The number of likely N-dealkylation sites (tertiary alicyclic amines) is 1. The van der Waals surface area contributed by atoms with Gasteiger partial charge in [0.15, 0.2) is 5.82 Å². The first-order valence-electron chi connectivity index (χ1n) is 9.96. The van der Waals surface area contributed by atoms with E-state index in [9.17, 15) is 4.79 Å². The average molecular weight is 423 g/mol. The number of urea groups is 1. The molecular formula is C21H22N6O2S. The Hall–Kier alpha value is -3.04. The summed E-state index contributed by atoms with van der Waals surface area (Å²) >= 11 is 1.21. The largest absolute Gasteiger partial charge is 0.492 e. The summed E-state index contributed by atoms with van der Waals surface area (Å²) in [6.45, 7) is 2.23. The lowest BCUT2D eigenvalue weighted by Gasteiger charge is -2.27. The maximum Gasteiger partial charge on any atom is 0.328 e. The van der Waals surface area contributed by atoms with Crippen molar-refractivity contribution < 1.29 is 9.53 Å². The fourth-order valence-corrected chi connectivity index (χ4v) is 4.51. The molecule has 2 amide bonds. The predicted octanol–water partition coefficient (Wildman–Crippen LogP) is 3.63. The maximum absolute atomic E-state index is 12.6. The molecule has 3 aromatic rings. The fraction of sp³-hybridized carbons (Fsp3) is 0.333. The first-order chi connectivity index (χ1) is 14.7. The number of hydrogen-bond donors (Lipinski definition) is 1. The summed E-state index contributed by atoms with van der Waals surface area (Å²) in [4.78, 5) is 25.2. The predicted molar refractivity (Wildman–Crippen MR) is 116 cm³/mol. The zero-order valence-electron chi connectivity index (χ0n) is 16.6. The van der Waals surface area contributed by atoms with Crippen LogP contribution in [0.5, 0.6) is 5.75 Å². The van der Waals surface area contributed by atoms with Crippen LogP contribution in [-0.4, -0.2) is 51.5 Å². The third kappa shape index (κ3) is 3.73. The molecule has 1 fully saturated rings. The van der Waals surface area contributed by atoms with Crippen LogP contribution in [0.3, 0.4) is 0 Å². The minimum atomic E-state index is -0.207.